The van der Waals surface area contributed by atoms with Gasteiger partial charge in [0.15, 0.2) is 5.78 Å². The summed E-state index contributed by atoms with van der Waals surface area (Å²) in [6, 6.07) is 23.8. The summed E-state index contributed by atoms with van der Waals surface area (Å²) >= 11 is 0. The Labute approximate surface area is 147 Å². The molecular weight excluding hydrogens is 310 g/mol. The minimum atomic E-state index is -0.247. The SMILES string of the molecule is Cc1ccccc1CNC(=O)c1ccccc1C(=O)c1ccccc1. The lowest BCUT2D eigenvalue weighted by Crippen LogP contribution is -2.25. The molecule has 1 amide bonds. The van der Waals surface area contributed by atoms with Crippen LogP contribution in [0.4, 0.5) is 0 Å². The fraction of sp³-hybridized carbons (Fsp3) is 0.0909. The molecule has 0 radical (unpaired) electrons. The number of hydrogen-bond donors (Lipinski definition) is 1. The molecule has 0 unspecified atom stereocenters. The van der Waals surface area contributed by atoms with Gasteiger partial charge in [-0.05, 0) is 24.1 Å². The second-order valence-corrected chi connectivity index (χ2v) is 5.85. The Morgan fingerprint density at radius 2 is 1.36 bits per heavy atom. The van der Waals surface area contributed by atoms with Crippen molar-refractivity contribution in [2.24, 2.45) is 0 Å². The number of ketones is 1. The highest BCUT2D eigenvalue weighted by Gasteiger charge is 2.17. The van der Waals surface area contributed by atoms with E-state index in [4.69, 9.17) is 0 Å². The Kier molecular flexibility index (Phi) is 5.05. The zero-order valence-electron chi connectivity index (χ0n) is 14.0. The maximum atomic E-state index is 12.7. The Morgan fingerprint density at radius 1 is 0.760 bits per heavy atom. The number of aryl methyl sites for hydroxylation is 1. The molecule has 0 bridgehead atoms. The summed E-state index contributed by atoms with van der Waals surface area (Å²) in [6.45, 7) is 2.44. The smallest absolute Gasteiger partial charge is 0.252 e. The molecular formula is C22H19NO2. The molecule has 3 aromatic rings. The third-order valence-corrected chi connectivity index (χ3v) is 4.15. The maximum absolute atomic E-state index is 12.7. The zero-order chi connectivity index (χ0) is 17.6. The van der Waals surface area contributed by atoms with Gasteiger partial charge in [-0.3, -0.25) is 9.59 Å². The monoisotopic (exact) mass is 329 g/mol. The van der Waals surface area contributed by atoms with Crippen molar-refractivity contribution in [2.75, 3.05) is 0 Å². The van der Waals surface area contributed by atoms with Crippen LogP contribution in [-0.4, -0.2) is 11.7 Å². The molecule has 25 heavy (non-hydrogen) atoms. The molecule has 0 atom stereocenters. The lowest BCUT2D eigenvalue weighted by atomic mass is 9.98. The van der Waals surface area contributed by atoms with E-state index in [0.717, 1.165) is 11.1 Å². The normalized spacial score (nSPS) is 10.3. The predicted molar refractivity (Wildman–Crippen MR) is 98.7 cm³/mol. The van der Waals surface area contributed by atoms with Gasteiger partial charge in [0.2, 0.25) is 0 Å². The van der Waals surface area contributed by atoms with Crippen molar-refractivity contribution in [3.05, 3.63) is 107 Å². The summed E-state index contributed by atoms with van der Waals surface area (Å²) in [4.78, 5) is 25.3. The molecule has 3 heteroatoms. The van der Waals surface area contributed by atoms with Crippen LogP contribution in [0.3, 0.4) is 0 Å². The van der Waals surface area contributed by atoms with E-state index in [1.807, 2.05) is 49.4 Å². The third kappa shape index (κ3) is 3.83. The standard InChI is InChI=1S/C22H19NO2/c1-16-9-5-6-12-18(16)15-23-22(25)20-14-8-7-13-19(20)21(24)17-10-3-2-4-11-17/h2-14H,15H2,1H3,(H,23,25). The van der Waals surface area contributed by atoms with Crippen LogP contribution in [0.5, 0.6) is 0 Å². The lowest BCUT2D eigenvalue weighted by molar-refractivity contribution is 0.0939. The van der Waals surface area contributed by atoms with E-state index in [2.05, 4.69) is 5.32 Å². The molecule has 3 nitrogen and oxygen atoms in total. The fourth-order valence-corrected chi connectivity index (χ4v) is 2.70. The molecule has 1 N–H and O–H groups in total. The van der Waals surface area contributed by atoms with Gasteiger partial charge in [-0.2, -0.15) is 0 Å². The molecule has 0 saturated carbocycles. The first-order chi connectivity index (χ1) is 12.2. The average molecular weight is 329 g/mol. The van der Waals surface area contributed by atoms with Crippen molar-refractivity contribution in [3.8, 4) is 0 Å². The number of nitrogens with one attached hydrogen (secondary N) is 1. The van der Waals surface area contributed by atoms with E-state index in [1.54, 1.807) is 36.4 Å². The highest BCUT2D eigenvalue weighted by atomic mass is 16.2. The van der Waals surface area contributed by atoms with E-state index in [-0.39, 0.29) is 11.7 Å². The molecule has 124 valence electrons. The molecule has 0 aromatic heterocycles. The average Bonchev–Trinajstić information content (AvgIpc) is 2.67. The summed E-state index contributed by atoms with van der Waals surface area (Å²) in [7, 11) is 0. The molecule has 0 spiro atoms. The van der Waals surface area contributed by atoms with E-state index >= 15 is 0 Å². The van der Waals surface area contributed by atoms with Crippen LogP contribution in [0.15, 0.2) is 78.9 Å². The quantitative estimate of drug-likeness (QED) is 0.715. The van der Waals surface area contributed by atoms with Crippen LogP contribution in [0.1, 0.15) is 37.4 Å². The highest BCUT2D eigenvalue weighted by Crippen LogP contribution is 2.15. The van der Waals surface area contributed by atoms with E-state index < -0.39 is 0 Å². The number of hydrogen-bond acceptors (Lipinski definition) is 2. The highest BCUT2D eigenvalue weighted by molar-refractivity contribution is 6.15. The molecule has 3 rings (SSSR count). The minimum absolute atomic E-state index is 0.151. The summed E-state index contributed by atoms with van der Waals surface area (Å²) in [5.74, 6) is -0.398. The molecule has 0 aliphatic rings. The van der Waals surface area contributed by atoms with Crippen LogP contribution in [0.25, 0.3) is 0 Å². The van der Waals surface area contributed by atoms with E-state index in [9.17, 15) is 9.59 Å². The van der Waals surface area contributed by atoms with Gasteiger partial charge in [-0.15, -0.1) is 0 Å². The second-order valence-electron chi connectivity index (χ2n) is 5.85. The first-order valence-corrected chi connectivity index (χ1v) is 8.18. The van der Waals surface area contributed by atoms with Gasteiger partial charge in [-0.1, -0.05) is 72.8 Å². The summed E-state index contributed by atoms with van der Waals surface area (Å²) in [5.41, 5.74) is 3.56. The van der Waals surface area contributed by atoms with Gasteiger partial charge in [0.25, 0.3) is 5.91 Å². The van der Waals surface area contributed by atoms with Gasteiger partial charge in [0.1, 0.15) is 0 Å². The Balaban J connectivity index is 1.82. The van der Waals surface area contributed by atoms with Crippen LogP contribution in [0, 0.1) is 6.92 Å². The Hall–Kier alpha value is -3.20. The Morgan fingerprint density at radius 3 is 2.08 bits per heavy atom. The van der Waals surface area contributed by atoms with Gasteiger partial charge in [-0.25, -0.2) is 0 Å². The van der Waals surface area contributed by atoms with Gasteiger partial charge in [0.05, 0.1) is 5.56 Å². The molecule has 0 saturated heterocycles. The van der Waals surface area contributed by atoms with E-state index in [1.165, 1.54) is 0 Å². The van der Waals surface area contributed by atoms with Crippen molar-refractivity contribution < 1.29 is 9.59 Å². The van der Waals surface area contributed by atoms with Gasteiger partial charge >= 0.3 is 0 Å². The fourth-order valence-electron chi connectivity index (χ4n) is 2.70. The number of carbonyl (C=O) groups is 2. The summed E-state index contributed by atoms with van der Waals surface area (Å²) in [6.07, 6.45) is 0. The van der Waals surface area contributed by atoms with Crippen LogP contribution in [0.2, 0.25) is 0 Å². The number of carbonyl (C=O) groups excluding carboxylic acids is 2. The molecule has 0 aliphatic heterocycles. The van der Waals surface area contributed by atoms with Crippen molar-refractivity contribution >= 4 is 11.7 Å². The van der Waals surface area contributed by atoms with Gasteiger partial charge in [0, 0.05) is 17.7 Å². The zero-order valence-corrected chi connectivity index (χ0v) is 14.0. The molecule has 0 fully saturated rings. The largest absolute Gasteiger partial charge is 0.348 e. The number of rotatable bonds is 5. The molecule has 3 aromatic carbocycles. The molecule has 0 heterocycles. The van der Waals surface area contributed by atoms with Crippen LogP contribution >= 0.6 is 0 Å². The summed E-state index contributed by atoms with van der Waals surface area (Å²) in [5, 5.41) is 2.91. The first kappa shape index (κ1) is 16.7. The van der Waals surface area contributed by atoms with Crippen LogP contribution < -0.4 is 5.32 Å². The second kappa shape index (κ2) is 7.58. The van der Waals surface area contributed by atoms with Crippen molar-refractivity contribution in [2.45, 2.75) is 13.5 Å². The molecule has 0 aliphatic carbocycles. The predicted octanol–water partition coefficient (Wildman–Crippen LogP) is 4.16. The number of amides is 1. The van der Waals surface area contributed by atoms with Crippen molar-refractivity contribution in [1.82, 2.24) is 5.32 Å². The van der Waals surface area contributed by atoms with Crippen LogP contribution in [-0.2, 0) is 6.54 Å². The third-order valence-electron chi connectivity index (χ3n) is 4.15. The lowest BCUT2D eigenvalue weighted by Gasteiger charge is -2.11. The summed E-state index contributed by atoms with van der Waals surface area (Å²) < 4.78 is 0. The first-order valence-electron chi connectivity index (χ1n) is 8.18. The minimum Gasteiger partial charge on any atom is -0.348 e. The topological polar surface area (TPSA) is 46.2 Å². The Bertz CT molecular complexity index is 901. The van der Waals surface area contributed by atoms with Crippen molar-refractivity contribution in [3.63, 3.8) is 0 Å². The maximum Gasteiger partial charge on any atom is 0.252 e. The van der Waals surface area contributed by atoms with Gasteiger partial charge < -0.3 is 5.32 Å². The van der Waals surface area contributed by atoms with E-state index in [0.29, 0.717) is 23.2 Å². The number of benzene rings is 3. The van der Waals surface area contributed by atoms with Crippen molar-refractivity contribution in [1.29, 1.82) is 0 Å².